The monoisotopic (exact) mass is 267 g/mol. The molecule has 18 heavy (non-hydrogen) atoms. The zero-order valence-corrected chi connectivity index (χ0v) is 11.3. The lowest BCUT2D eigenvalue weighted by atomic mass is 10.0. The average Bonchev–Trinajstić information content (AvgIpc) is 2.28. The summed E-state index contributed by atoms with van der Waals surface area (Å²) >= 11 is 1.41. The number of carbonyl (C=O) groups excluding carboxylic acids is 1. The second-order valence-corrected chi connectivity index (χ2v) is 4.93. The highest BCUT2D eigenvalue weighted by Crippen LogP contribution is 2.17. The maximum Gasteiger partial charge on any atom is 0.305 e. The van der Waals surface area contributed by atoms with E-state index in [9.17, 15) is 9.59 Å². The van der Waals surface area contributed by atoms with E-state index in [2.05, 4.69) is 5.32 Å². The Labute approximate surface area is 111 Å². The molecule has 0 aromatic heterocycles. The Hall–Kier alpha value is -1.49. The summed E-state index contributed by atoms with van der Waals surface area (Å²) in [6.45, 7) is 1.96. The summed E-state index contributed by atoms with van der Waals surface area (Å²) < 4.78 is 0. The second kappa shape index (κ2) is 7.06. The lowest BCUT2D eigenvalue weighted by Gasteiger charge is -2.17. The highest BCUT2D eigenvalue weighted by atomic mass is 32.2. The van der Waals surface area contributed by atoms with Gasteiger partial charge in [-0.05, 0) is 18.7 Å². The molecule has 1 atom stereocenters. The molecule has 1 amide bonds. The van der Waals surface area contributed by atoms with Gasteiger partial charge in [0, 0.05) is 0 Å². The van der Waals surface area contributed by atoms with Crippen molar-refractivity contribution in [2.75, 3.05) is 12.0 Å². The molecule has 1 aromatic carbocycles. The van der Waals surface area contributed by atoms with Gasteiger partial charge in [0.15, 0.2) is 0 Å². The molecule has 98 valence electrons. The predicted octanol–water partition coefficient (Wildman–Crippen LogP) is 1.99. The molecule has 0 saturated heterocycles. The quantitative estimate of drug-likeness (QED) is 0.827. The minimum Gasteiger partial charge on any atom is -0.481 e. The Balaban J connectivity index is 2.80. The first-order chi connectivity index (χ1) is 8.52. The summed E-state index contributed by atoms with van der Waals surface area (Å²) in [6.07, 6.45) is 1.72. The van der Waals surface area contributed by atoms with Gasteiger partial charge in [0.25, 0.3) is 0 Å². The van der Waals surface area contributed by atoms with E-state index >= 15 is 0 Å². The van der Waals surface area contributed by atoms with E-state index < -0.39 is 12.0 Å². The van der Waals surface area contributed by atoms with Crippen LogP contribution in [0.2, 0.25) is 0 Å². The first-order valence-corrected chi connectivity index (χ1v) is 6.99. The molecule has 1 rings (SSSR count). The Morgan fingerprint density at radius 3 is 2.44 bits per heavy atom. The Kier molecular flexibility index (Phi) is 5.71. The number of aliphatic carboxylic acids is 1. The van der Waals surface area contributed by atoms with Crippen molar-refractivity contribution >= 4 is 23.6 Å². The van der Waals surface area contributed by atoms with Crippen LogP contribution in [-0.4, -0.2) is 29.0 Å². The fourth-order valence-corrected chi connectivity index (χ4v) is 1.94. The lowest BCUT2D eigenvalue weighted by molar-refractivity contribution is -0.137. The van der Waals surface area contributed by atoms with Crippen LogP contribution >= 0.6 is 11.8 Å². The minimum absolute atomic E-state index is 0.108. The number of carboxylic acid groups (broad SMARTS) is 1. The molecule has 5 heteroatoms. The van der Waals surface area contributed by atoms with Crippen LogP contribution in [0.25, 0.3) is 0 Å². The molecule has 2 N–H and O–H groups in total. The molecule has 0 aliphatic heterocycles. The summed E-state index contributed by atoms with van der Waals surface area (Å²) in [5.41, 5.74) is 1.92. The second-order valence-electron chi connectivity index (χ2n) is 4.06. The van der Waals surface area contributed by atoms with Crippen LogP contribution in [0.5, 0.6) is 0 Å². The van der Waals surface area contributed by atoms with Crippen LogP contribution in [0.15, 0.2) is 24.3 Å². The summed E-state index contributed by atoms with van der Waals surface area (Å²) in [4.78, 5) is 22.4. The lowest BCUT2D eigenvalue weighted by Crippen LogP contribution is -2.31. The number of rotatable bonds is 6. The van der Waals surface area contributed by atoms with Crippen LogP contribution in [0, 0.1) is 6.92 Å². The molecule has 0 saturated carbocycles. The van der Waals surface area contributed by atoms with Gasteiger partial charge in [0.2, 0.25) is 5.91 Å². The predicted molar refractivity (Wildman–Crippen MR) is 72.7 cm³/mol. The number of hydrogen-bond donors (Lipinski definition) is 2. The van der Waals surface area contributed by atoms with Crippen molar-refractivity contribution in [2.24, 2.45) is 0 Å². The first-order valence-electron chi connectivity index (χ1n) is 5.59. The highest BCUT2D eigenvalue weighted by Gasteiger charge is 2.17. The van der Waals surface area contributed by atoms with E-state index in [1.54, 1.807) is 0 Å². The zero-order chi connectivity index (χ0) is 13.5. The maximum absolute atomic E-state index is 11.6. The third-order valence-corrected chi connectivity index (χ3v) is 3.02. The molecule has 0 heterocycles. The first kappa shape index (κ1) is 14.6. The molecule has 0 unspecified atom stereocenters. The fourth-order valence-electron chi connectivity index (χ4n) is 1.59. The highest BCUT2D eigenvalue weighted by molar-refractivity contribution is 7.99. The largest absolute Gasteiger partial charge is 0.481 e. The molecular weight excluding hydrogens is 250 g/mol. The smallest absolute Gasteiger partial charge is 0.305 e. The number of aryl methyl sites for hydroxylation is 1. The molecule has 1 aromatic rings. The van der Waals surface area contributed by atoms with E-state index in [0.717, 1.165) is 11.1 Å². The van der Waals surface area contributed by atoms with Gasteiger partial charge in [-0.25, -0.2) is 0 Å². The van der Waals surface area contributed by atoms with Crippen molar-refractivity contribution in [3.63, 3.8) is 0 Å². The summed E-state index contributed by atoms with van der Waals surface area (Å²) in [5, 5.41) is 11.6. The number of amides is 1. The van der Waals surface area contributed by atoms with Crippen LogP contribution < -0.4 is 5.32 Å². The minimum atomic E-state index is -0.926. The number of thioether (sulfide) groups is 1. The molecule has 4 nitrogen and oxygen atoms in total. The summed E-state index contributed by atoms with van der Waals surface area (Å²) in [6, 6.07) is 7.04. The van der Waals surface area contributed by atoms with Gasteiger partial charge in [-0.1, -0.05) is 29.8 Å². The number of hydrogen-bond acceptors (Lipinski definition) is 3. The van der Waals surface area contributed by atoms with E-state index in [0.29, 0.717) is 5.75 Å². The third kappa shape index (κ3) is 4.79. The molecule has 0 aliphatic carbocycles. The topological polar surface area (TPSA) is 66.4 Å². The van der Waals surface area contributed by atoms with E-state index in [1.807, 2.05) is 37.4 Å². The van der Waals surface area contributed by atoms with Gasteiger partial charge in [0.1, 0.15) is 0 Å². The van der Waals surface area contributed by atoms with Crippen molar-refractivity contribution < 1.29 is 14.7 Å². The standard InChI is InChI=1S/C13H17NO3S/c1-9-3-5-10(6-4-9)11(7-13(16)17)14-12(15)8-18-2/h3-6,11H,7-8H2,1-2H3,(H,14,15)(H,16,17)/t11-/m1/s1. The molecular formula is C13H17NO3S. The van der Waals surface area contributed by atoms with Gasteiger partial charge >= 0.3 is 5.97 Å². The van der Waals surface area contributed by atoms with E-state index in [4.69, 9.17) is 5.11 Å². The fraction of sp³-hybridized carbons (Fsp3) is 0.385. The van der Waals surface area contributed by atoms with Crippen molar-refractivity contribution in [1.29, 1.82) is 0 Å². The van der Waals surface area contributed by atoms with Crippen LogP contribution in [0.4, 0.5) is 0 Å². The molecule has 0 radical (unpaired) electrons. The number of carbonyl (C=O) groups is 2. The van der Waals surface area contributed by atoms with Crippen molar-refractivity contribution in [1.82, 2.24) is 5.32 Å². The molecule has 0 spiro atoms. The number of benzene rings is 1. The number of nitrogens with one attached hydrogen (secondary N) is 1. The van der Waals surface area contributed by atoms with Crippen LogP contribution in [-0.2, 0) is 9.59 Å². The summed E-state index contributed by atoms with van der Waals surface area (Å²) in [7, 11) is 0. The summed E-state index contributed by atoms with van der Waals surface area (Å²) in [5.74, 6) is -0.735. The third-order valence-electron chi connectivity index (χ3n) is 2.47. The number of carboxylic acids is 1. The van der Waals surface area contributed by atoms with Gasteiger partial charge in [-0.3, -0.25) is 9.59 Å². The van der Waals surface area contributed by atoms with Crippen molar-refractivity contribution in [3.05, 3.63) is 35.4 Å². The van der Waals surface area contributed by atoms with Gasteiger partial charge in [-0.2, -0.15) is 11.8 Å². The van der Waals surface area contributed by atoms with Gasteiger partial charge < -0.3 is 10.4 Å². The molecule has 0 fully saturated rings. The van der Waals surface area contributed by atoms with Crippen LogP contribution in [0.1, 0.15) is 23.6 Å². The molecule has 0 bridgehead atoms. The Bertz CT molecular complexity index is 417. The van der Waals surface area contributed by atoms with Crippen molar-refractivity contribution in [3.8, 4) is 0 Å². The van der Waals surface area contributed by atoms with Crippen LogP contribution in [0.3, 0.4) is 0 Å². The Morgan fingerprint density at radius 2 is 1.94 bits per heavy atom. The van der Waals surface area contributed by atoms with Gasteiger partial charge in [0.05, 0.1) is 18.2 Å². The normalized spacial score (nSPS) is 11.9. The van der Waals surface area contributed by atoms with Gasteiger partial charge in [-0.15, -0.1) is 0 Å². The Morgan fingerprint density at radius 1 is 1.33 bits per heavy atom. The van der Waals surface area contributed by atoms with Crippen molar-refractivity contribution in [2.45, 2.75) is 19.4 Å². The molecule has 0 aliphatic rings. The van der Waals surface area contributed by atoms with E-state index in [-0.39, 0.29) is 12.3 Å². The zero-order valence-electron chi connectivity index (χ0n) is 10.5. The maximum atomic E-state index is 11.6. The van der Waals surface area contributed by atoms with E-state index in [1.165, 1.54) is 11.8 Å². The SMILES string of the molecule is CSCC(=O)N[C@H](CC(=O)O)c1ccc(C)cc1. The average molecular weight is 267 g/mol.